The van der Waals surface area contributed by atoms with Gasteiger partial charge in [0.1, 0.15) is 12.4 Å². The summed E-state index contributed by atoms with van der Waals surface area (Å²) in [5.41, 5.74) is 1.36. The Morgan fingerprint density at radius 3 is 2.82 bits per heavy atom. The topological polar surface area (TPSA) is 41.8 Å². The van der Waals surface area contributed by atoms with Gasteiger partial charge in [0.05, 0.1) is 5.71 Å². The van der Waals surface area contributed by atoms with Crippen LogP contribution in [-0.4, -0.2) is 10.9 Å². The molecule has 2 aromatic rings. The molecule has 0 fully saturated rings. The van der Waals surface area contributed by atoms with Gasteiger partial charge < -0.3 is 9.94 Å². The SMILES string of the molecule is C/C(=N\O)c1ccccc1OCc1cccs1. The highest BCUT2D eigenvalue weighted by Gasteiger charge is 2.06. The van der Waals surface area contributed by atoms with Crippen LogP contribution in [0, 0.1) is 0 Å². The molecule has 0 aliphatic rings. The zero-order chi connectivity index (χ0) is 12.1. The van der Waals surface area contributed by atoms with Crippen LogP contribution in [0.1, 0.15) is 17.4 Å². The lowest BCUT2D eigenvalue weighted by molar-refractivity contribution is 0.306. The molecule has 0 aliphatic carbocycles. The zero-order valence-electron chi connectivity index (χ0n) is 9.46. The molecular formula is C13H13NO2S. The van der Waals surface area contributed by atoms with Crippen molar-refractivity contribution in [2.75, 3.05) is 0 Å². The van der Waals surface area contributed by atoms with E-state index in [9.17, 15) is 0 Å². The molecule has 0 saturated carbocycles. The summed E-state index contributed by atoms with van der Waals surface area (Å²) in [6.07, 6.45) is 0. The van der Waals surface area contributed by atoms with Crippen LogP contribution in [0.5, 0.6) is 5.75 Å². The third-order valence-corrected chi connectivity index (χ3v) is 3.23. The van der Waals surface area contributed by atoms with Gasteiger partial charge in [-0.1, -0.05) is 23.4 Å². The lowest BCUT2D eigenvalue weighted by Crippen LogP contribution is -2.01. The summed E-state index contributed by atoms with van der Waals surface area (Å²) in [7, 11) is 0. The normalized spacial score (nSPS) is 11.5. The first kappa shape index (κ1) is 11.7. The highest BCUT2D eigenvalue weighted by atomic mass is 32.1. The molecule has 1 N–H and O–H groups in total. The number of para-hydroxylation sites is 1. The maximum Gasteiger partial charge on any atom is 0.129 e. The molecule has 0 aliphatic heterocycles. The minimum atomic E-state index is 0.535. The molecule has 2 rings (SSSR count). The van der Waals surface area contributed by atoms with E-state index in [1.165, 1.54) is 4.88 Å². The van der Waals surface area contributed by atoms with E-state index < -0.39 is 0 Å². The fourth-order valence-electron chi connectivity index (χ4n) is 1.49. The van der Waals surface area contributed by atoms with Crippen LogP contribution in [-0.2, 0) is 6.61 Å². The summed E-state index contributed by atoms with van der Waals surface area (Å²) in [6.45, 7) is 2.28. The number of oxime groups is 1. The van der Waals surface area contributed by atoms with Gasteiger partial charge in [-0.2, -0.15) is 0 Å². The number of nitrogens with zero attached hydrogens (tertiary/aromatic N) is 1. The van der Waals surface area contributed by atoms with E-state index in [1.54, 1.807) is 18.3 Å². The molecule has 0 saturated heterocycles. The first-order chi connectivity index (χ1) is 8.31. The van der Waals surface area contributed by atoms with E-state index in [0.717, 1.165) is 11.3 Å². The predicted molar refractivity (Wildman–Crippen MR) is 69.1 cm³/mol. The van der Waals surface area contributed by atoms with Gasteiger partial charge in [0.15, 0.2) is 0 Å². The monoisotopic (exact) mass is 247 g/mol. The molecule has 88 valence electrons. The molecule has 0 amide bonds. The zero-order valence-corrected chi connectivity index (χ0v) is 10.3. The van der Waals surface area contributed by atoms with Crippen LogP contribution < -0.4 is 4.74 Å². The van der Waals surface area contributed by atoms with E-state index in [4.69, 9.17) is 9.94 Å². The molecule has 0 unspecified atom stereocenters. The van der Waals surface area contributed by atoms with Gasteiger partial charge in [-0.15, -0.1) is 11.3 Å². The fourth-order valence-corrected chi connectivity index (χ4v) is 2.10. The summed E-state index contributed by atoms with van der Waals surface area (Å²) in [4.78, 5) is 1.17. The van der Waals surface area contributed by atoms with Crippen molar-refractivity contribution >= 4 is 17.0 Å². The molecule has 1 aromatic carbocycles. The number of benzene rings is 1. The molecule has 0 atom stereocenters. The van der Waals surface area contributed by atoms with E-state index >= 15 is 0 Å². The molecule has 0 bridgehead atoms. The van der Waals surface area contributed by atoms with Gasteiger partial charge >= 0.3 is 0 Å². The molecular weight excluding hydrogens is 234 g/mol. The average Bonchev–Trinajstić information content (AvgIpc) is 2.89. The van der Waals surface area contributed by atoms with Crippen molar-refractivity contribution in [3.8, 4) is 5.75 Å². The third kappa shape index (κ3) is 2.85. The second-order valence-electron chi connectivity index (χ2n) is 3.55. The molecule has 4 heteroatoms. The average molecular weight is 247 g/mol. The van der Waals surface area contributed by atoms with Crippen molar-refractivity contribution in [2.45, 2.75) is 13.5 Å². The highest BCUT2D eigenvalue weighted by molar-refractivity contribution is 7.09. The van der Waals surface area contributed by atoms with Crippen molar-refractivity contribution in [1.82, 2.24) is 0 Å². The molecule has 3 nitrogen and oxygen atoms in total. The van der Waals surface area contributed by atoms with E-state index in [0.29, 0.717) is 12.3 Å². The number of hydrogen-bond acceptors (Lipinski definition) is 4. The van der Waals surface area contributed by atoms with Crippen LogP contribution in [0.25, 0.3) is 0 Å². The third-order valence-electron chi connectivity index (χ3n) is 2.38. The summed E-state index contributed by atoms with van der Waals surface area (Å²) < 4.78 is 5.72. The van der Waals surface area contributed by atoms with Crippen LogP contribution in [0.4, 0.5) is 0 Å². The minimum absolute atomic E-state index is 0.535. The van der Waals surface area contributed by atoms with Crippen LogP contribution in [0.3, 0.4) is 0 Å². The standard InChI is InChI=1S/C13H13NO2S/c1-10(14-15)12-6-2-3-7-13(12)16-9-11-5-4-8-17-11/h2-8,15H,9H2,1H3/b14-10+. The van der Waals surface area contributed by atoms with Crippen LogP contribution in [0.2, 0.25) is 0 Å². The van der Waals surface area contributed by atoms with Crippen LogP contribution in [0.15, 0.2) is 46.9 Å². The summed E-state index contributed by atoms with van der Waals surface area (Å²) in [5.74, 6) is 0.733. The molecule has 1 heterocycles. The van der Waals surface area contributed by atoms with Gasteiger partial charge in [-0.05, 0) is 30.5 Å². The maximum absolute atomic E-state index is 8.80. The Labute approximate surface area is 104 Å². The quantitative estimate of drug-likeness (QED) is 0.510. The largest absolute Gasteiger partial charge is 0.487 e. The Morgan fingerprint density at radius 2 is 2.12 bits per heavy atom. The molecule has 0 spiro atoms. The fraction of sp³-hybridized carbons (Fsp3) is 0.154. The summed E-state index contributed by atoms with van der Waals surface area (Å²) >= 11 is 1.66. The van der Waals surface area contributed by atoms with E-state index in [1.807, 2.05) is 41.8 Å². The minimum Gasteiger partial charge on any atom is -0.487 e. The number of rotatable bonds is 4. The van der Waals surface area contributed by atoms with Crippen molar-refractivity contribution in [3.63, 3.8) is 0 Å². The van der Waals surface area contributed by atoms with Gasteiger partial charge in [-0.25, -0.2) is 0 Å². The first-order valence-electron chi connectivity index (χ1n) is 5.24. The van der Waals surface area contributed by atoms with Crippen molar-refractivity contribution in [3.05, 3.63) is 52.2 Å². The Morgan fingerprint density at radius 1 is 1.29 bits per heavy atom. The van der Waals surface area contributed by atoms with E-state index in [2.05, 4.69) is 5.16 Å². The number of ether oxygens (including phenoxy) is 1. The Kier molecular flexibility index (Phi) is 3.77. The lowest BCUT2D eigenvalue weighted by Gasteiger charge is -2.09. The Balaban J connectivity index is 2.15. The highest BCUT2D eigenvalue weighted by Crippen LogP contribution is 2.21. The second kappa shape index (κ2) is 5.50. The van der Waals surface area contributed by atoms with Crippen molar-refractivity contribution in [1.29, 1.82) is 0 Å². The number of hydrogen-bond donors (Lipinski definition) is 1. The molecule has 17 heavy (non-hydrogen) atoms. The molecule has 0 radical (unpaired) electrons. The maximum atomic E-state index is 8.80. The van der Waals surface area contributed by atoms with Crippen LogP contribution >= 0.6 is 11.3 Å². The lowest BCUT2D eigenvalue weighted by atomic mass is 10.1. The molecule has 1 aromatic heterocycles. The first-order valence-corrected chi connectivity index (χ1v) is 6.12. The number of thiophene rings is 1. The van der Waals surface area contributed by atoms with Gasteiger partial charge in [-0.3, -0.25) is 0 Å². The predicted octanol–water partition coefficient (Wildman–Crippen LogP) is 3.53. The second-order valence-corrected chi connectivity index (χ2v) is 4.58. The van der Waals surface area contributed by atoms with Crippen molar-refractivity contribution < 1.29 is 9.94 Å². The smallest absolute Gasteiger partial charge is 0.129 e. The van der Waals surface area contributed by atoms with Gasteiger partial charge in [0.2, 0.25) is 0 Å². The van der Waals surface area contributed by atoms with Crippen molar-refractivity contribution in [2.24, 2.45) is 5.16 Å². The Bertz CT molecular complexity index is 506. The van der Waals surface area contributed by atoms with E-state index in [-0.39, 0.29) is 0 Å². The Hall–Kier alpha value is -1.81. The van der Waals surface area contributed by atoms with Gasteiger partial charge in [0, 0.05) is 10.4 Å². The summed E-state index contributed by atoms with van der Waals surface area (Å²) in [5, 5.41) is 14.0. The van der Waals surface area contributed by atoms with Gasteiger partial charge in [0.25, 0.3) is 0 Å². The summed E-state index contributed by atoms with van der Waals surface area (Å²) in [6, 6.07) is 11.6.